The van der Waals surface area contributed by atoms with Gasteiger partial charge in [0.1, 0.15) is 24.4 Å². The molecular weight excluding hydrogens is 416 g/mol. The molecule has 178 valence electrons. The zero-order valence-corrected chi connectivity index (χ0v) is 19.2. The Hall–Kier alpha value is -1.67. The molecule has 0 aromatic carbocycles. The number of hydrogen-bond acceptors (Lipinski definition) is 8. The first-order valence-corrected chi connectivity index (χ1v) is 12.0. The number of epoxide rings is 1. The lowest BCUT2D eigenvalue weighted by atomic mass is 9.42. The van der Waals surface area contributed by atoms with E-state index in [1.807, 2.05) is 0 Å². The second-order valence-electron chi connectivity index (χ2n) is 10.6. The quantitative estimate of drug-likeness (QED) is 0.366. The first-order valence-electron chi connectivity index (χ1n) is 12.0. The minimum Gasteiger partial charge on any atom is -0.465 e. The first-order chi connectivity index (χ1) is 15.2. The van der Waals surface area contributed by atoms with Crippen LogP contribution in [-0.2, 0) is 38.1 Å². The second-order valence-corrected chi connectivity index (χ2v) is 10.6. The summed E-state index contributed by atoms with van der Waals surface area (Å²) in [5.41, 5.74) is -1.99. The van der Waals surface area contributed by atoms with Gasteiger partial charge in [-0.05, 0) is 37.5 Å². The van der Waals surface area contributed by atoms with E-state index in [0.29, 0.717) is 32.7 Å². The molecule has 0 aromatic heterocycles. The summed E-state index contributed by atoms with van der Waals surface area (Å²) >= 11 is 0. The Balaban J connectivity index is 1.59. The summed E-state index contributed by atoms with van der Waals surface area (Å²) in [6, 6.07) is 0. The Morgan fingerprint density at radius 2 is 1.97 bits per heavy atom. The van der Waals surface area contributed by atoms with Gasteiger partial charge in [0.05, 0.1) is 24.0 Å². The van der Waals surface area contributed by atoms with Gasteiger partial charge in [-0.1, -0.05) is 13.3 Å². The molecule has 2 spiro atoms. The summed E-state index contributed by atoms with van der Waals surface area (Å²) in [4.78, 5) is 37.7. The van der Waals surface area contributed by atoms with E-state index in [1.54, 1.807) is 0 Å². The lowest BCUT2D eigenvalue weighted by Gasteiger charge is -2.61. The molecule has 2 saturated carbocycles. The maximum absolute atomic E-state index is 13.7. The molecule has 5 fully saturated rings. The summed E-state index contributed by atoms with van der Waals surface area (Å²) in [6.45, 7) is 6.81. The van der Waals surface area contributed by atoms with E-state index in [1.165, 1.54) is 13.8 Å². The maximum Gasteiger partial charge on any atom is 0.313 e. The van der Waals surface area contributed by atoms with Gasteiger partial charge in [0.15, 0.2) is 0 Å². The van der Waals surface area contributed by atoms with Crippen molar-refractivity contribution < 1.29 is 38.1 Å². The maximum atomic E-state index is 13.7. The molecule has 8 atom stereocenters. The van der Waals surface area contributed by atoms with E-state index in [4.69, 9.17) is 23.7 Å². The monoisotopic (exact) mass is 450 g/mol. The Labute approximate surface area is 188 Å². The molecule has 3 saturated heterocycles. The number of carbonyl (C=O) groups excluding carboxylic acids is 3. The van der Waals surface area contributed by atoms with Gasteiger partial charge in [-0.25, -0.2) is 0 Å². The molecule has 5 rings (SSSR count). The van der Waals surface area contributed by atoms with E-state index in [0.717, 1.165) is 25.7 Å². The SMILES string of the molecule is CC(=O)OC[C@@]12[C@@H](OC(C)=O)C[C@@H](C)[C@]3(C[C@H]([C@@H]4CCOC4)OC3=O)[C@H]1CCC[C@]21CO1. The van der Waals surface area contributed by atoms with Crippen LogP contribution in [0.2, 0.25) is 0 Å². The molecule has 32 heavy (non-hydrogen) atoms. The molecule has 0 amide bonds. The van der Waals surface area contributed by atoms with Crippen molar-refractivity contribution in [3.05, 3.63) is 0 Å². The standard InChI is InChI=1S/C24H34O8/c1-14-9-20(31-16(3)26)24(13-29-15(2)25)19(5-4-7-22(24)12-30-22)23(14)10-18(32-21(23)27)17-6-8-28-11-17/h14,17-20H,4-13H2,1-3H3/t14-,17-,18-,19-,20+,22+,23-,24+/m1/s1. The van der Waals surface area contributed by atoms with Crippen molar-refractivity contribution in [1.82, 2.24) is 0 Å². The number of carbonyl (C=O) groups is 3. The molecule has 0 N–H and O–H groups in total. The van der Waals surface area contributed by atoms with Crippen LogP contribution in [-0.4, -0.2) is 62.1 Å². The highest BCUT2D eigenvalue weighted by molar-refractivity contribution is 5.81. The van der Waals surface area contributed by atoms with Gasteiger partial charge in [-0.2, -0.15) is 0 Å². The summed E-state index contributed by atoms with van der Waals surface area (Å²) in [5, 5.41) is 0. The molecular formula is C24H34O8. The first kappa shape index (κ1) is 22.1. The predicted molar refractivity (Wildman–Crippen MR) is 110 cm³/mol. The third-order valence-electron chi connectivity index (χ3n) is 9.17. The Kier molecular flexibility index (Phi) is 5.32. The number of hydrogen-bond donors (Lipinski definition) is 0. The van der Waals surface area contributed by atoms with Gasteiger partial charge < -0.3 is 23.7 Å². The summed E-state index contributed by atoms with van der Waals surface area (Å²) in [6.07, 6.45) is 3.92. The van der Waals surface area contributed by atoms with Crippen LogP contribution >= 0.6 is 0 Å². The van der Waals surface area contributed by atoms with E-state index in [9.17, 15) is 14.4 Å². The largest absolute Gasteiger partial charge is 0.465 e. The highest BCUT2D eigenvalue weighted by Gasteiger charge is 2.78. The van der Waals surface area contributed by atoms with Gasteiger partial charge in [0.2, 0.25) is 0 Å². The van der Waals surface area contributed by atoms with Gasteiger partial charge in [-0.3, -0.25) is 14.4 Å². The van der Waals surface area contributed by atoms with Crippen LogP contribution < -0.4 is 0 Å². The van der Waals surface area contributed by atoms with Crippen molar-refractivity contribution in [2.75, 3.05) is 26.4 Å². The number of cyclic esters (lactones) is 1. The lowest BCUT2D eigenvalue weighted by molar-refractivity contribution is -0.228. The van der Waals surface area contributed by atoms with Gasteiger partial charge in [0.25, 0.3) is 0 Å². The van der Waals surface area contributed by atoms with Crippen LogP contribution in [0.15, 0.2) is 0 Å². The van der Waals surface area contributed by atoms with Crippen molar-refractivity contribution >= 4 is 17.9 Å². The van der Waals surface area contributed by atoms with Crippen LogP contribution in [0.3, 0.4) is 0 Å². The molecule has 0 radical (unpaired) electrons. The molecule has 2 aliphatic carbocycles. The van der Waals surface area contributed by atoms with Crippen LogP contribution in [0.4, 0.5) is 0 Å². The normalized spacial score (nSPS) is 47.2. The van der Waals surface area contributed by atoms with Crippen molar-refractivity contribution in [3.63, 3.8) is 0 Å². The fourth-order valence-electron chi connectivity index (χ4n) is 7.62. The molecule has 8 heteroatoms. The Morgan fingerprint density at radius 1 is 1.19 bits per heavy atom. The highest BCUT2D eigenvalue weighted by atomic mass is 16.6. The minimum atomic E-state index is -0.755. The average molecular weight is 451 g/mol. The average Bonchev–Trinajstić information content (AvgIpc) is 3.16. The van der Waals surface area contributed by atoms with E-state index in [2.05, 4.69) is 6.92 Å². The van der Waals surface area contributed by atoms with Crippen LogP contribution in [0.1, 0.15) is 59.3 Å². The molecule has 3 aliphatic heterocycles. The van der Waals surface area contributed by atoms with Crippen LogP contribution in [0, 0.1) is 28.6 Å². The molecule has 5 aliphatic rings. The zero-order chi connectivity index (χ0) is 22.7. The van der Waals surface area contributed by atoms with E-state index >= 15 is 0 Å². The number of rotatable bonds is 4. The number of ether oxygens (including phenoxy) is 5. The summed E-state index contributed by atoms with van der Waals surface area (Å²) < 4.78 is 29.3. The third kappa shape index (κ3) is 3.05. The fourth-order valence-corrected chi connectivity index (χ4v) is 7.62. The highest BCUT2D eigenvalue weighted by Crippen LogP contribution is 2.70. The smallest absolute Gasteiger partial charge is 0.313 e. The van der Waals surface area contributed by atoms with Gasteiger partial charge in [-0.15, -0.1) is 0 Å². The molecule has 0 aromatic rings. The van der Waals surface area contributed by atoms with Crippen molar-refractivity contribution in [2.24, 2.45) is 28.6 Å². The number of fused-ring (bicyclic) bond motifs is 3. The molecule has 8 nitrogen and oxygen atoms in total. The Bertz CT molecular complexity index is 800. The number of esters is 3. The van der Waals surface area contributed by atoms with Gasteiger partial charge >= 0.3 is 17.9 Å². The van der Waals surface area contributed by atoms with Crippen molar-refractivity contribution in [3.8, 4) is 0 Å². The molecule has 0 bridgehead atoms. The second kappa shape index (κ2) is 7.69. The van der Waals surface area contributed by atoms with Crippen LogP contribution in [0.5, 0.6) is 0 Å². The third-order valence-corrected chi connectivity index (χ3v) is 9.17. The fraction of sp³-hybridized carbons (Fsp3) is 0.875. The summed E-state index contributed by atoms with van der Waals surface area (Å²) in [5.74, 6) is -0.874. The van der Waals surface area contributed by atoms with Crippen molar-refractivity contribution in [2.45, 2.75) is 77.1 Å². The van der Waals surface area contributed by atoms with E-state index in [-0.39, 0.29) is 48.4 Å². The van der Waals surface area contributed by atoms with Crippen LogP contribution in [0.25, 0.3) is 0 Å². The minimum absolute atomic E-state index is 0.0315. The van der Waals surface area contributed by atoms with Crippen molar-refractivity contribution in [1.29, 1.82) is 0 Å². The summed E-state index contributed by atoms with van der Waals surface area (Å²) in [7, 11) is 0. The lowest BCUT2D eigenvalue weighted by Crippen LogP contribution is -2.68. The Morgan fingerprint density at radius 3 is 2.59 bits per heavy atom. The van der Waals surface area contributed by atoms with E-state index < -0.39 is 22.5 Å². The topological polar surface area (TPSA) is 101 Å². The van der Waals surface area contributed by atoms with Gasteiger partial charge in [0, 0.05) is 32.8 Å². The predicted octanol–water partition coefficient (Wildman–Crippen LogP) is 2.41. The zero-order valence-electron chi connectivity index (χ0n) is 19.2. The molecule has 0 unspecified atom stereocenters. The molecule has 3 heterocycles.